The van der Waals surface area contributed by atoms with Crippen LogP contribution in [0.3, 0.4) is 0 Å². The van der Waals surface area contributed by atoms with Crippen molar-refractivity contribution >= 4 is 17.3 Å². The summed E-state index contributed by atoms with van der Waals surface area (Å²) >= 11 is 0. The molecule has 2 aromatic carbocycles. The first-order chi connectivity index (χ1) is 12.5. The number of hydroxylamine groups is 1. The number of anilines is 2. The Hall–Kier alpha value is -2.51. The van der Waals surface area contributed by atoms with Crippen LogP contribution in [0.1, 0.15) is 35.2 Å². The monoisotopic (exact) mass is 362 g/mol. The van der Waals surface area contributed by atoms with E-state index in [4.69, 9.17) is 9.57 Å². The second kappa shape index (κ2) is 8.25. The quantitative estimate of drug-likeness (QED) is 0.783. The maximum atomic E-state index is 13.7. The number of amides is 1. The molecule has 1 fully saturated rings. The molecular weight excluding hydrogens is 342 g/mol. The van der Waals surface area contributed by atoms with Gasteiger partial charge in [-0.15, -0.1) is 0 Å². The van der Waals surface area contributed by atoms with Gasteiger partial charge in [0.1, 0.15) is 11.6 Å². The minimum Gasteiger partial charge on any atom is -0.355 e. The van der Waals surface area contributed by atoms with E-state index >= 15 is 0 Å². The number of aryl methyl sites for hydroxylation is 1. The summed E-state index contributed by atoms with van der Waals surface area (Å²) in [6.07, 6.45) is 2.15. The predicted molar refractivity (Wildman–Crippen MR) is 93.0 cm³/mol. The van der Waals surface area contributed by atoms with Gasteiger partial charge in [-0.3, -0.25) is 4.79 Å². The second-order valence-electron chi connectivity index (χ2n) is 6.12. The van der Waals surface area contributed by atoms with E-state index in [9.17, 15) is 13.6 Å². The van der Waals surface area contributed by atoms with Gasteiger partial charge >= 0.3 is 0 Å². The van der Waals surface area contributed by atoms with Crippen LogP contribution < -0.4 is 10.8 Å². The number of benzene rings is 2. The maximum absolute atomic E-state index is 13.7. The van der Waals surface area contributed by atoms with E-state index in [-0.39, 0.29) is 17.1 Å². The molecule has 1 aliphatic rings. The zero-order chi connectivity index (χ0) is 18.5. The normalized spacial score (nSPS) is 17.0. The molecule has 0 aliphatic carbocycles. The first-order valence-electron chi connectivity index (χ1n) is 8.43. The van der Waals surface area contributed by atoms with Gasteiger partial charge in [-0.1, -0.05) is 0 Å². The molecule has 0 bridgehead atoms. The van der Waals surface area contributed by atoms with Crippen LogP contribution in [0, 0.1) is 18.6 Å². The number of hydrogen-bond acceptors (Lipinski definition) is 4. The van der Waals surface area contributed by atoms with Crippen molar-refractivity contribution in [2.75, 3.05) is 11.9 Å². The van der Waals surface area contributed by atoms with Gasteiger partial charge in [-0.25, -0.2) is 19.1 Å². The molecule has 1 saturated heterocycles. The molecule has 26 heavy (non-hydrogen) atoms. The molecule has 0 aromatic heterocycles. The number of nitrogens with one attached hydrogen (secondary N) is 2. The topological polar surface area (TPSA) is 59.6 Å². The van der Waals surface area contributed by atoms with Gasteiger partial charge in [0.25, 0.3) is 5.91 Å². The molecule has 2 aromatic rings. The molecule has 1 aliphatic heterocycles. The summed E-state index contributed by atoms with van der Waals surface area (Å²) in [5.41, 5.74) is 4.01. The molecule has 2 N–H and O–H groups in total. The highest BCUT2D eigenvalue weighted by Crippen LogP contribution is 2.25. The van der Waals surface area contributed by atoms with Gasteiger partial charge < -0.3 is 10.1 Å². The van der Waals surface area contributed by atoms with Crippen LogP contribution >= 0.6 is 0 Å². The van der Waals surface area contributed by atoms with Crippen LogP contribution in [-0.4, -0.2) is 18.8 Å². The Kier molecular flexibility index (Phi) is 5.80. The number of carbonyl (C=O) groups is 1. The van der Waals surface area contributed by atoms with Crippen LogP contribution in [0.25, 0.3) is 0 Å². The molecule has 5 nitrogen and oxygen atoms in total. The van der Waals surface area contributed by atoms with Gasteiger partial charge in [0.2, 0.25) is 0 Å². The van der Waals surface area contributed by atoms with Crippen molar-refractivity contribution in [1.29, 1.82) is 0 Å². The van der Waals surface area contributed by atoms with Crippen molar-refractivity contribution in [2.45, 2.75) is 32.5 Å². The highest BCUT2D eigenvalue weighted by Gasteiger charge is 2.18. The van der Waals surface area contributed by atoms with E-state index in [1.54, 1.807) is 6.92 Å². The van der Waals surface area contributed by atoms with Crippen LogP contribution in [-0.2, 0) is 9.57 Å². The fraction of sp³-hybridized carbons (Fsp3) is 0.316. The Balaban J connectivity index is 1.75. The molecular formula is C19H20F2N2O3. The summed E-state index contributed by atoms with van der Waals surface area (Å²) in [7, 11) is 0. The zero-order valence-corrected chi connectivity index (χ0v) is 14.4. The lowest BCUT2D eigenvalue weighted by Gasteiger charge is -2.22. The van der Waals surface area contributed by atoms with Crippen LogP contribution in [0.15, 0.2) is 36.4 Å². The van der Waals surface area contributed by atoms with E-state index in [0.29, 0.717) is 24.3 Å². The number of hydrogen-bond donors (Lipinski definition) is 2. The maximum Gasteiger partial charge on any atom is 0.277 e. The Morgan fingerprint density at radius 3 is 2.62 bits per heavy atom. The van der Waals surface area contributed by atoms with Gasteiger partial charge in [-0.2, -0.15) is 0 Å². The molecule has 3 rings (SSSR count). The predicted octanol–water partition coefficient (Wildman–Crippen LogP) is 4.20. The first kappa shape index (κ1) is 18.3. The minimum absolute atomic E-state index is 0.200. The van der Waals surface area contributed by atoms with Gasteiger partial charge in [-0.05, 0) is 61.7 Å². The molecule has 1 heterocycles. The van der Waals surface area contributed by atoms with Crippen molar-refractivity contribution in [2.24, 2.45) is 0 Å². The zero-order valence-electron chi connectivity index (χ0n) is 14.4. The molecule has 1 unspecified atom stereocenters. The summed E-state index contributed by atoms with van der Waals surface area (Å²) in [4.78, 5) is 17.7. The number of ether oxygens (including phenoxy) is 1. The number of halogens is 2. The molecule has 0 saturated carbocycles. The summed E-state index contributed by atoms with van der Waals surface area (Å²) in [5.74, 6) is -1.40. The third kappa shape index (κ3) is 4.56. The first-order valence-corrected chi connectivity index (χ1v) is 8.43. The summed E-state index contributed by atoms with van der Waals surface area (Å²) in [6, 6.07) is 7.92. The standard InChI is InChI=1S/C19H20F2N2O3/c1-12-10-13(20)6-8-16(12)22-17-11-14(21)5-7-15(17)19(24)23-26-18-4-2-3-9-25-18/h5-8,10-11,18,22H,2-4,9H2,1H3,(H,23,24). The molecule has 7 heteroatoms. The smallest absolute Gasteiger partial charge is 0.277 e. The molecule has 0 spiro atoms. The van der Waals surface area contributed by atoms with E-state index in [1.807, 2.05) is 0 Å². The third-order valence-electron chi connectivity index (χ3n) is 4.11. The molecule has 1 atom stereocenters. The average Bonchev–Trinajstić information content (AvgIpc) is 2.63. The average molecular weight is 362 g/mol. The summed E-state index contributed by atoms with van der Waals surface area (Å²) in [5, 5.41) is 2.97. The molecule has 138 valence electrons. The van der Waals surface area contributed by atoms with Crippen molar-refractivity contribution in [3.8, 4) is 0 Å². The van der Waals surface area contributed by atoms with Crippen LogP contribution in [0.5, 0.6) is 0 Å². The number of rotatable bonds is 5. The highest BCUT2D eigenvalue weighted by atomic mass is 19.1. The van der Waals surface area contributed by atoms with Crippen molar-refractivity contribution in [3.05, 3.63) is 59.2 Å². The van der Waals surface area contributed by atoms with Crippen molar-refractivity contribution in [1.82, 2.24) is 5.48 Å². The highest BCUT2D eigenvalue weighted by molar-refractivity contribution is 5.99. The lowest BCUT2D eigenvalue weighted by molar-refractivity contribution is -0.186. The van der Waals surface area contributed by atoms with Crippen molar-refractivity contribution < 1.29 is 23.1 Å². The van der Waals surface area contributed by atoms with Crippen molar-refractivity contribution in [3.63, 3.8) is 0 Å². The van der Waals surface area contributed by atoms with Gasteiger partial charge in [0.15, 0.2) is 6.29 Å². The van der Waals surface area contributed by atoms with Crippen LogP contribution in [0.4, 0.5) is 20.2 Å². The lowest BCUT2D eigenvalue weighted by atomic mass is 10.1. The van der Waals surface area contributed by atoms with E-state index in [1.165, 1.54) is 36.4 Å². The Bertz CT molecular complexity index is 792. The van der Waals surface area contributed by atoms with E-state index < -0.39 is 18.0 Å². The Labute approximate surface area is 150 Å². The number of carbonyl (C=O) groups excluding carboxylic acids is 1. The fourth-order valence-corrected chi connectivity index (χ4v) is 2.71. The molecule has 0 radical (unpaired) electrons. The largest absolute Gasteiger partial charge is 0.355 e. The van der Waals surface area contributed by atoms with E-state index in [2.05, 4.69) is 10.8 Å². The van der Waals surface area contributed by atoms with Crippen LogP contribution in [0.2, 0.25) is 0 Å². The second-order valence-corrected chi connectivity index (χ2v) is 6.12. The minimum atomic E-state index is -0.526. The van der Waals surface area contributed by atoms with E-state index in [0.717, 1.165) is 12.8 Å². The SMILES string of the molecule is Cc1cc(F)ccc1Nc1cc(F)ccc1C(=O)NOC1CCCCO1. The summed E-state index contributed by atoms with van der Waals surface area (Å²) < 4.78 is 32.3. The third-order valence-corrected chi connectivity index (χ3v) is 4.11. The lowest BCUT2D eigenvalue weighted by Crippen LogP contribution is -2.33. The summed E-state index contributed by atoms with van der Waals surface area (Å²) in [6.45, 7) is 2.31. The van der Waals surface area contributed by atoms with Gasteiger partial charge in [0.05, 0.1) is 11.3 Å². The Morgan fingerprint density at radius 2 is 1.88 bits per heavy atom. The molecule has 1 amide bonds. The van der Waals surface area contributed by atoms with Gasteiger partial charge in [0, 0.05) is 18.7 Å². The fourth-order valence-electron chi connectivity index (χ4n) is 2.71. The Morgan fingerprint density at radius 1 is 1.12 bits per heavy atom.